The van der Waals surface area contributed by atoms with Crippen molar-refractivity contribution < 1.29 is 0 Å². The van der Waals surface area contributed by atoms with Crippen LogP contribution in [0.5, 0.6) is 0 Å². The summed E-state index contributed by atoms with van der Waals surface area (Å²) in [5, 5.41) is 4.66. The maximum atomic E-state index is 4.66. The fourth-order valence-electron chi connectivity index (χ4n) is 3.35. The zero-order chi connectivity index (χ0) is 13.9. The highest BCUT2D eigenvalue weighted by Crippen LogP contribution is 2.36. The summed E-state index contributed by atoms with van der Waals surface area (Å²) in [7, 11) is 0. The van der Waals surface area contributed by atoms with Crippen LogP contribution in [-0.2, 0) is 0 Å². The van der Waals surface area contributed by atoms with E-state index in [0.29, 0.717) is 6.04 Å². The lowest BCUT2D eigenvalue weighted by Crippen LogP contribution is -2.23. The van der Waals surface area contributed by atoms with Crippen molar-refractivity contribution in [3.05, 3.63) is 40.2 Å². The zero-order valence-electron chi connectivity index (χ0n) is 11.9. The van der Waals surface area contributed by atoms with Crippen LogP contribution in [0.1, 0.15) is 45.1 Å². The third-order valence-corrected chi connectivity index (χ3v) is 5.16. The minimum atomic E-state index is 0.602. The summed E-state index contributed by atoms with van der Waals surface area (Å²) < 4.78 is 3.50. The molecular formula is C17H21IN2. The SMILES string of the molecule is CCC1CCCCC1n1cc(-c2cccc(I)c2)cn1. The van der Waals surface area contributed by atoms with Gasteiger partial charge in [0.15, 0.2) is 0 Å². The van der Waals surface area contributed by atoms with Gasteiger partial charge in [-0.3, -0.25) is 4.68 Å². The fraction of sp³-hybridized carbons (Fsp3) is 0.471. The Bertz CT molecular complexity index is 576. The third-order valence-electron chi connectivity index (χ3n) is 4.49. The summed E-state index contributed by atoms with van der Waals surface area (Å²) in [5.41, 5.74) is 2.51. The van der Waals surface area contributed by atoms with Crippen LogP contribution < -0.4 is 0 Å². The number of benzene rings is 1. The zero-order valence-corrected chi connectivity index (χ0v) is 14.1. The summed E-state index contributed by atoms with van der Waals surface area (Å²) in [6.07, 6.45) is 10.9. The van der Waals surface area contributed by atoms with Gasteiger partial charge in [-0.1, -0.05) is 38.3 Å². The fourth-order valence-corrected chi connectivity index (χ4v) is 3.89. The predicted octanol–water partition coefficient (Wildman–Crippen LogP) is 5.30. The smallest absolute Gasteiger partial charge is 0.0568 e. The van der Waals surface area contributed by atoms with Gasteiger partial charge in [0.2, 0.25) is 0 Å². The van der Waals surface area contributed by atoms with Crippen LogP contribution in [0.3, 0.4) is 0 Å². The molecule has 20 heavy (non-hydrogen) atoms. The summed E-state index contributed by atoms with van der Waals surface area (Å²) in [5.74, 6) is 0.799. The first-order chi connectivity index (χ1) is 9.78. The van der Waals surface area contributed by atoms with Crippen LogP contribution in [0.15, 0.2) is 36.7 Å². The Morgan fingerprint density at radius 2 is 2.10 bits per heavy atom. The lowest BCUT2D eigenvalue weighted by atomic mass is 9.83. The van der Waals surface area contributed by atoms with Gasteiger partial charge in [-0.05, 0) is 59.0 Å². The molecule has 1 aromatic carbocycles. The molecular weight excluding hydrogens is 359 g/mol. The van der Waals surface area contributed by atoms with Gasteiger partial charge in [0.25, 0.3) is 0 Å². The van der Waals surface area contributed by atoms with Crippen molar-refractivity contribution in [3.63, 3.8) is 0 Å². The van der Waals surface area contributed by atoms with E-state index in [1.165, 1.54) is 46.8 Å². The Morgan fingerprint density at radius 1 is 1.25 bits per heavy atom. The molecule has 1 aliphatic carbocycles. The van der Waals surface area contributed by atoms with Crippen molar-refractivity contribution in [3.8, 4) is 11.1 Å². The van der Waals surface area contributed by atoms with E-state index < -0.39 is 0 Å². The van der Waals surface area contributed by atoms with Gasteiger partial charge in [0, 0.05) is 15.3 Å². The molecule has 3 heteroatoms. The van der Waals surface area contributed by atoms with Crippen molar-refractivity contribution in [2.75, 3.05) is 0 Å². The molecule has 0 bridgehead atoms. The van der Waals surface area contributed by atoms with Crippen LogP contribution >= 0.6 is 22.6 Å². The van der Waals surface area contributed by atoms with Crippen molar-refractivity contribution in [1.29, 1.82) is 0 Å². The molecule has 0 saturated heterocycles. The molecule has 1 aliphatic rings. The van der Waals surface area contributed by atoms with Crippen LogP contribution in [-0.4, -0.2) is 9.78 Å². The van der Waals surface area contributed by atoms with Gasteiger partial charge >= 0.3 is 0 Å². The molecule has 106 valence electrons. The second-order valence-electron chi connectivity index (χ2n) is 5.74. The highest BCUT2D eigenvalue weighted by Gasteiger charge is 2.25. The summed E-state index contributed by atoms with van der Waals surface area (Å²) in [6.45, 7) is 2.31. The van der Waals surface area contributed by atoms with E-state index in [-0.39, 0.29) is 0 Å². The van der Waals surface area contributed by atoms with Gasteiger partial charge < -0.3 is 0 Å². The topological polar surface area (TPSA) is 17.8 Å². The molecule has 0 aliphatic heterocycles. The first-order valence-corrected chi connectivity index (χ1v) is 8.66. The molecule has 2 atom stereocenters. The minimum absolute atomic E-state index is 0.602. The Morgan fingerprint density at radius 3 is 2.90 bits per heavy atom. The van der Waals surface area contributed by atoms with Crippen LogP contribution in [0, 0.1) is 9.49 Å². The van der Waals surface area contributed by atoms with E-state index in [1.54, 1.807) is 0 Å². The van der Waals surface area contributed by atoms with Crippen LogP contribution in [0.4, 0.5) is 0 Å². The highest BCUT2D eigenvalue weighted by atomic mass is 127. The van der Waals surface area contributed by atoms with Crippen molar-refractivity contribution in [2.45, 2.75) is 45.1 Å². The predicted molar refractivity (Wildman–Crippen MR) is 91.7 cm³/mol. The first kappa shape index (κ1) is 14.1. The molecule has 1 heterocycles. The van der Waals surface area contributed by atoms with E-state index in [0.717, 1.165) is 5.92 Å². The van der Waals surface area contributed by atoms with Crippen molar-refractivity contribution in [1.82, 2.24) is 9.78 Å². The van der Waals surface area contributed by atoms with Gasteiger partial charge in [-0.15, -0.1) is 0 Å². The van der Waals surface area contributed by atoms with Gasteiger partial charge in [-0.25, -0.2) is 0 Å². The molecule has 3 rings (SSSR count). The molecule has 1 aromatic heterocycles. The average molecular weight is 380 g/mol. The number of hydrogen-bond donors (Lipinski definition) is 0. The Kier molecular flexibility index (Phi) is 4.44. The summed E-state index contributed by atoms with van der Waals surface area (Å²) in [4.78, 5) is 0. The number of aromatic nitrogens is 2. The molecule has 0 N–H and O–H groups in total. The number of rotatable bonds is 3. The lowest BCUT2D eigenvalue weighted by molar-refractivity contribution is 0.217. The van der Waals surface area contributed by atoms with E-state index >= 15 is 0 Å². The van der Waals surface area contributed by atoms with E-state index in [4.69, 9.17) is 0 Å². The number of hydrogen-bond acceptors (Lipinski definition) is 1. The van der Waals surface area contributed by atoms with Gasteiger partial charge in [0.05, 0.1) is 12.2 Å². The van der Waals surface area contributed by atoms with Crippen molar-refractivity contribution in [2.24, 2.45) is 5.92 Å². The molecule has 0 radical (unpaired) electrons. The lowest BCUT2D eigenvalue weighted by Gasteiger charge is -2.30. The Hall–Kier alpha value is -0.840. The number of nitrogens with zero attached hydrogens (tertiary/aromatic N) is 2. The Balaban J connectivity index is 1.86. The summed E-state index contributed by atoms with van der Waals surface area (Å²) >= 11 is 2.36. The normalized spacial score (nSPS) is 22.9. The average Bonchev–Trinajstić information content (AvgIpc) is 2.97. The standard InChI is InChI=1S/C17H21IN2/c1-2-13-6-3-4-9-17(13)20-12-15(11-19-20)14-7-5-8-16(18)10-14/h5,7-8,10-13,17H,2-4,6,9H2,1H3. The third kappa shape index (κ3) is 2.92. The van der Waals surface area contributed by atoms with E-state index in [1.807, 2.05) is 6.20 Å². The van der Waals surface area contributed by atoms with E-state index in [9.17, 15) is 0 Å². The van der Waals surface area contributed by atoms with E-state index in [2.05, 4.69) is 69.8 Å². The Labute approximate surface area is 134 Å². The second-order valence-corrected chi connectivity index (χ2v) is 6.99. The molecule has 0 amide bonds. The molecule has 1 fully saturated rings. The highest BCUT2D eigenvalue weighted by molar-refractivity contribution is 14.1. The maximum absolute atomic E-state index is 4.66. The molecule has 1 saturated carbocycles. The monoisotopic (exact) mass is 380 g/mol. The van der Waals surface area contributed by atoms with Gasteiger partial charge in [-0.2, -0.15) is 5.10 Å². The maximum Gasteiger partial charge on any atom is 0.0568 e. The molecule has 2 nitrogen and oxygen atoms in total. The van der Waals surface area contributed by atoms with Crippen LogP contribution in [0.2, 0.25) is 0 Å². The first-order valence-electron chi connectivity index (χ1n) is 7.58. The molecule has 2 aromatic rings. The quantitative estimate of drug-likeness (QED) is 0.661. The number of halogens is 1. The van der Waals surface area contributed by atoms with Crippen molar-refractivity contribution >= 4 is 22.6 Å². The van der Waals surface area contributed by atoms with Crippen LogP contribution in [0.25, 0.3) is 11.1 Å². The minimum Gasteiger partial charge on any atom is -0.269 e. The van der Waals surface area contributed by atoms with Gasteiger partial charge in [0.1, 0.15) is 0 Å². The molecule has 0 spiro atoms. The molecule has 2 unspecified atom stereocenters. The largest absolute Gasteiger partial charge is 0.269 e. The second kappa shape index (κ2) is 6.29. The summed E-state index contributed by atoms with van der Waals surface area (Å²) in [6, 6.07) is 9.24.